The van der Waals surface area contributed by atoms with Gasteiger partial charge in [0.15, 0.2) is 0 Å². The van der Waals surface area contributed by atoms with E-state index in [0.29, 0.717) is 24.3 Å². The average molecular weight is 464 g/mol. The number of likely N-dealkylation sites (tertiary alicyclic amines) is 1. The van der Waals surface area contributed by atoms with Crippen LogP contribution in [-0.4, -0.2) is 59.3 Å². The standard InChI is InChI=1S/C28H37N3O3/c1-33-18-17-31(20-25-9-5-6-14-29-25)28(19-23-7-3-2-4-8-23)24-12-15-30(16-13-24)21-26-10-11-27(22-32)34-26/h2-11,14,24,28,32H,12-13,15-22H2,1H3. The van der Waals surface area contributed by atoms with Crippen LogP contribution in [0.25, 0.3) is 0 Å². The van der Waals surface area contributed by atoms with E-state index in [2.05, 4.69) is 57.2 Å². The van der Waals surface area contributed by atoms with Crippen molar-refractivity contribution in [2.75, 3.05) is 33.4 Å². The summed E-state index contributed by atoms with van der Waals surface area (Å²) in [6.45, 7) is 5.29. The largest absolute Gasteiger partial charge is 0.462 e. The Kier molecular flexibility index (Phi) is 9.27. The van der Waals surface area contributed by atoms with E-state index in [1.54, 1.807) is 7.11 Å². The number of rotatable bonds is 12. The van der Waals surface area contributed by atoms with Gasteiger partial charge in [0.1, 0.15) is 18.1 Å². The molecule has 1 aliphatic rings. The lowest BCUT2D eigenvalue weighted by Gasteiger charge is -2.41. The van der Waals surface area contributed by atoms with Gasteiger partial charge in [-0.05, 0) is 68.1 Å². The Morgan fingerprint density at radius 1 is 1.06 bits per heavy atom. The lowest BCUT2D eigenvalue weighted by atomic mass is 9.84. The van der Waals surface area contributed by atoms with Crippen molar-refractivity contribution < 1.29 is 14.3 Å². The first-order chi connectivity index (χ1) is 16.7. The minimum atomic E-state index is -0.0448. The van der Waals surface area contributed by atoms with Crippen molar-refractivity contribution >= 4 is 0 Å². The topological polar surface area (TPSA) is 62.0 Å². The van der Waals surface area contributed by atoms with Crippen molar-refractivity contribution in [1.82, 2.24) is 14.8 Å². The zero-order valence-corrected chi connectivity index (χ0v) is 20.2. The third-order valence-electron chi connectivity index (χ3n) is 6.86. The van der Waals surface area contributed by atoms with Gasteiger partial charge in [-0.15, -0.1) is 0 Å². The fourth-order valence-electron chi connectivity index (χ4n) is 5.03. The van der Waals surface area contributed by atoms with Crippen LogP contribution in [0.1, 0.15) is 35.6 Å². The van der Waals surface area contributed by atoms with Crippen molar-refractivity contribution in [3.8, 4) is 0 Å². The Morgan fingerprint density at radius 3 is 2.50 bits per heavy atom. The molecule has 1 fully saturated rings. The van der Waals surface area contributed by atoms with Crippen LogP contribution in [0.2, 0.25) is 0 Å². The number of benzene rings is 1. The zero-order valence-electron chi connectivity index (χ0n) is 20.2. The number of hydrogen-bond donors (Lipinski definition) is 1. The molecule has 1 unspecified atom stereocenters. The highest BCUT2D eigenvalue weighted by Gasteiger charge is 2.31. The monoisotopic (exact) mass is 463 g/mol. The smallest absolute Gasteiger partial charge is 0.129 e. The maximum Gasteiger partial charge on any atom is 0.129 e. The van der Waals surface area contributed by atoms with E-state index in [-0.39, 0.29) is 6.61 Å². The first-order valence-corrected chi connectivity index (χ1v) is 12.3. The molecule has 4 rings (SSSR count). The summed E-state index contributed by atoms with van der Waals surface area (Å²) in [7, 11) is 1.78. The molecule has 0 radical (unpaired) electrons. The number of aliphatic hydroxyl groups excluding tert-OH is 1. The van der Waals surface area contributed by atoms with Crippen molar-refractivity contribution in [2.45, 2.75) is 45.0 Å². The van der Waals surface area contributed by atoms with Crippen LogP contribution in [0, 0.1) is 5.92 Å². The van der Waals surface area contributed by atoms with E-state index >= 15 is 0 Å². The molecule has 1 saturated heterocycles. The van der Waals surface area contributed by atoms with E-state index in [4.69, 9.17) is 9.15 Å². The number of methoxy groups -OCH3 is 1. The van der Waals surface area contributed by atoms with E-state index in [1.807, 2.05) is 24.4 Å². The number of aliphatic hydroxyl groups is 1. The summed E-state index contributed by atoms with van der Waals surface area (Å²) in [5.41, 5.74) is 2.48. The van der Waals surface area contributed by atoms with Gasteiger partial charge >= 0.3 is 0 Å². The van der Waals surface area contributed by atoms with Gasteiger partial charge < -0.3 is 14.3 Å². The lowest BCUT2D eigenvalue weighted by Crippen LogP contribution is -2.47. The molecular weight excluding hydrogens is 426 g/mol. The lowest BCUT2D eigenvalue weighted by molar-refractivity contribution is 0.0549. The van der Waals surface area contributed by atoms with Gasteiger partial charge in [0.25, 0.3) is 0 Å². The number of aromatic nitrogens is 1. The van der Waals surface area contributed by atoms with Crippen LogP contribution in [0.15, 0.2) is 71.3 Å². The molecule has 0 saturated carbocycles. The van der Waals surface area contributed by atoms with Gasteiger partial charge in [0.2, 0.25) is 0 Å². The maximum absolute atomic E-state index is 9.27. The van der Waals surface area contributed by atoms with Crippen molar-refractivity contribution in [3.63, 3.8) is 0 Å². The summed E-state index contributed by atoms with van der Waals surface area (Å²) >= 11 is 0. The minimum absolute atomic E-state index is 0.0448. The van der Waals surface area contributed by atoms with Gasteiger partial charge in [-0.25, -0.2) is 0 Å². The fraction of sp³-hybridized carbons (Fsp3) is 0.464. The second-order valence-electron chi connectivity index (χ2n) is 9.18. The molecule has 1 aliphatic heterocycles. The summed E-state index contributed by atoms with van der Waals surface area (Å²) in [4.78, 5) is 9.66. The molecule has 0 amide bonds. The summed E-state index contributed by atoms with van der Waals surface area (Å²) < 4.78 is 11.2. The van der Waals surface area contributed by atoms with Gasteiger partial charge in [-0.3, -0.25) is 14.8 Å². The molecule has 34 heavy (non-hydrogen) atoms. The number of piperidine rings is 1. The number of hydrogen-bond acceptors (Lipinski definition) is 6. The van der Waals surface area contributed by atoms with E-state index in [0.717, 1.165) is 63.4 Å². The molecule has 182 valence electrons. The average Bonchev–Trinajstić information content (AvgIpc) is 3.34. The highest BCUT2D eigenvalue weighted by atomic mass is 16.5. The second-order valence-corrected chi connectivity index (χ2v) is 9.18. The predicted molar refractivity (Wildman–Crippen MR) is 133 cm³/mol. The van der Waals surface area contributed by atoms with Gasteiger partial charge in [0, 0.05) is 32.4 Å². The van der Waals surface area contributed by atoms with Crippen LogP contribution in [0.5, 0.6) is 0 Å². The molecule has 2 aromatic heterocycles. The molecule has 1 N–H and O–H groups in total. The van der Waals surface area contributed by atoms with Gasteiger partial charge in [-0.2, -0.15) is 0 Å². The summed E-state index contributed by atoms with van der Waals surface area (Å²) in [5.74, 6) is 2.16. The first kappa shape index (κ1) is 24.6. The van der Waals surface area contributed by atoms with Crippen LogP contribution in [0.4, 0.5) is 0 Å². The number of pyridine rings is 1. The number of ether oxygens (including phenoxy) is 1. The summed E-state index contributed by atoms with van der Waals surface area (Å²) in [6.07, 6.45) is 5.21. The normalized spacial score (nSPS) is 16.2. The molecule has 3 aromatic rings. The van der Waals surface area contributed by atoms with Crippen LogP contribution < -0.4 is 0 Å². The first-order valence-electron chi connectivity index (χ1n) is 12.3. The molecule has 1 aromatic carbocycles. The SMILES string of the molecule is COCCN(Cc1ccccn1)C(Cc1ccccc1)C1CCN(Cc2ccc(CO)o2)CC1. The number of nitrogens with zero attached hydrogens (tertiary/aromatic N) is 3. The molecule has 0 bridgehead atoms. The van der Waals surface area contributed by atoms with E-state index < -0.39 is 0 Å². The Balaban J connectivity index is 1.46. The minimum Gasteiger partial charge on any atom is -0.462 e. The van der Waals surface area contributed by atoms with Crippen molar-refractivity contribution in [3.05, 3.63) is 89.6 Å². The Labute approximate surface area is 203 Å². The van der Waals surface area contributed by atoms with Crippen LogP contribution in [0.3, 0.4) is 0 Å². The highest BCUT2D eigenvalue weighted by molar-refractivity contribution is 5.17. The summed E-state index contributed by atoms with van der Waals surface area (Å²) in [6, 6.07) is 21.3. The third kappa shape index (κ3) is 7.00. The van der Waals surface area contributed by atoms with E-state index in [1.165, 1.54) is 5.56 Å². The maximum atomic E-state index is 9.27. The molecule has 6 nitrogen and oxygen atoms in total. The zero-order chi connectivity index (χ0) is 23.6. The molecule has 0 aliphatic carbocycles. The molecular formula is C28H37N3O3. The molecule has 6 heteroatoms. The van der Waals surface area contributed by atoms with Gasteiger partial charge in [0.05, 0.1) is 18.8 Å². The highest BCUT2D eigenvalue weighted by Crippen LogP contribution is 2.29. The molecule has 3 heterocycles. The second kappa shape index (κ2) is 12.8. The summed E-state index contributed by atoms with van der Waals surface area (Å²) in [5, 5.41) is 9.27. The Hall–Kier alpha value is -2.51. The van der Waals surface area contributed by atoms with Gasteiger partial charge in [-0.1, -0.05) is 36.4 Å². The van der Waals surface area contributed by atoms with E-state index in [9.17, 15) is 5.11 Å². The predicted octanol–water partition coefficient (Wildman–Crippen LogP) is 4.14. The van der Waals surface area contributed by atoms with Crippen molar-refractivity contribution in [1.29, 1.82) is 0 Å². The quantitative estimate of drug-likeness (QED) is 0.436. The van der Waals surface area contributed by atoms with Crippen molar-refractivity contribution in [2.24, 2.45) is 5.92 Å². The number of furan rings is 1. The Bertz CT molecular complexity index is 955. The van der Waals surface area contributed by atoms with Crippen LogP contribution in [-0.2, 0) is 30.9 Å². The fourth-order valence-corrected chi connectivity index (χ4v) is 5.03. The third-order valence-corrected chi connectivity index (χ3v) is 6.86. The molecule has 1 atom stereocenters. The van der Waals surface area contributed by atoms with Crippen LogP contribution >= 0.6 is 0 Å². The Morgan fingerprint density at radius 2 is 1.82 bits per heavy atom. The molecule has 0 spiro atoms.